The molecule has 4 rings (SSSR count). The number of hydrogen-bond acceptors (Lipinski definition) is 5. The van der Waals surface area contributed by atoms with E-state index in [2.05, 4.69) is 32.9 Å². The molecule has 0 bridgehead atoms. The van der Waals surface area contributed by atoms with Crippen LogP contribution in [0.3, 0.4) is 0 Å². The maximum Gasteiger partial charge on any atom is 0.177 e. The largest absolute Gasteiger partial charge is 0.355 e. The van der Waals surface area contributed by atoms with Gasteiger partial charge in [-0.15, -0.1) is 11.3 Å². The predicted molar refractivity (Wildman–Crippen MR) is 74.9 cm³/mol. The molecule has 19 heavy (non-hydrogen) atoms. The predicted octanol–water partition coefficient (Wildman–Crippen LogP) is 2.05. The maximum atomic E-state index is 5.43. The normalized spacial score (nSPS) is 26.9. The van der Waals surface area contributed by atoms with E-state index in [-0.39, 0.29) is 0 Å². The van der Waals surface area contributed by atoms with Crippen LogP contribution in [0.2, 0.25) is 0 Å². The van der Waals surface area contributed by atoms with Crippen LogP contribution >= 0.6 is 11.3 Å². The number of fused-ring (bicyclic) bond motifs is 1. The summed E-state index contributed by atoms with van der Waals surface area (Å²) < 4.78 is 5.43. The van der Waals surface area contributed by atoms with Crippen molar-refractivity contribution in [1.82, 2.24) is 15.4 Å². The highest BCUT2D eigenvalue weighted by Gasteiger charge is 2.36. The summed E-state index contributed by atoms with van der Waals surface area (Å²) in [5.74, 6) is 2.57. The number of hydrogen-bond donors (Lipinski definition) is 1. The molecule has 2 unspecified atom stereocenters. The molecular formula is C14H17N3OS. The van der Waals surface area contributed by atoms with Crippen molar-refractivity contribution in [3.8, 4) is 10.6 Å². The molecule has 2 saturated heterocycles. The van der Waals surface area contributed by atoms with E-state index in [9.17, 15) is 0 Å². The zero-order chi connectivity index (χ0) is 12.7. The molecule has 0 radical (unpaired) electrons. The summed E-state index contributed by atoms with van der Waals surface area (Å²) >= 11 is 1.69. The number of thiophene rings is 1. The quantitative estimate of drug-likeness (QED) is 0.931. The lowest BCUT2D eigenvalue weighted by Crippen LogP contribution is -2.25. The van der Waals surface area contributed by atoms with Gasteiger partial charge in [0.1, 0.15) is 0 Å². The van der Waals surface area contributed by atoms with E-state index < -0.39 is 0 Å². The lowest BCUT2D eigenvalue weighted by Gasteiger charge is -2.14. The minimum absolute atomic E-state index is 0.837. The third kappa shape index (κ3) is 2.22. The summed E-state index contributed by atoms with van der Waals surface area (Å²) in [4.78, 5) is 3.66. The number of aromatic nitrogens is 1. The maximum absolute atomic E-state index is 5.43. The molecule has 100 valence electrons. The highest BCUT2D eigenvalue weighted by molar-refractivity contribution is 7.13. The molecule has 2 fully saturated rings. The van der Waals surface area contributed by atoms with Crippen LogP contribution in [0, 0.1) is 11.8 Å². The van der Waals surface area contributed by atoms with E-state index in [1.54, 1.807) is 11.3 Å². The molecular weight excluding hydrogens is 258 g/mol. The lowest BCUT2D eigenvalue weighted by atomic mass is 10.0. The minimum atomic E-state index is 0.837. The molecule has 2 aromatic heterocycles. The Balaban J connectivity index is 1.44. The van der Waals surface area contributed by atoms with Crippen molar-refractivity contribution in [2.75, 3.05) is 26.2 Å². The van der Waals surface area contributed by atoms with Gasteiger partial charge in [0.15, 0.2) is 5.76 Å². The van der Waals surface area contributed by atoms with E-state index in [4.69, 9.17) is 4.52 Å². The third-order valence-electron chi connectivity index (χ3n) is 4.17. The molecule has 2 atom stereocenters. The van der Waals surface area contributed by atoms with Gasteiger partial charge in [-0.25, -0.2) is 0 Å². The van der Waals surface area contributed by atoms with Gasteiger partial charge in [-0.3, -0.25) is 4.90 Å². The van der Waals surface area contributed by atoms with E-state index in [1.165, 1.54) is 26.2 Å². The topological polar surface area (TPSA) is 41.3 Å². The van der Waals surface area contributed by atoms with E-state index in [0.717, 1.165) is 34.7 Å². The third-order valence-corrected chi connectivity index (χ3v) is 5.06. The van der Waals surface area contributed by atoms with Gasteiger partial charge in [-0.1, -0.05) is 11.2 Å². The van der Waals surface area contributed by atoms with Crippen LogP contribution in [-0.2, 0) is 6.54 Å². The Labute approximate surface area is 116 Å². The van der Waals surface area contributed by atoms with Gasteiger partial charge < -0.3 is 9.84 Å². The van der Waals surface area contributed by atoms with Crippen LogP contribution in [-0.4, -0.2) is 36.2 Å². The Morgan fingerprint density at radius 2 is 2.21 bits per heavy atom. The standard InChI is InChI=1S/C14H17N3OS/c1-2-14(19-3-1)13-4-12(16-18-13)9-17-7-10-5-15-6-11(10)8-17/h1-4,10-11,15H,5-9H2. The first-order valence-electron chi connectivity index (χ1n) is 6.81. The van der Waals surface area contributed by atoms with Crippen LogP contribution in [0.4, 0.5) is 0 Å². The van der Waals surface area contributed by atoms with Crippen LogP contribution in [0.1, 0.15) is 5.69 Å². The number of rotatable bonds is 3. The Hall–Kier alpha value is -1.17. The van der Waals surface area contributed by atoms with Gasteiger partial charge in [-0.2, -0.15) is 0 Å². The summed E-state index contributed by atoms with van der Waals surface area (Å²) in [6.07, 6.45) is 0. The van der Waals surface area contributed by atoms with Crippen LogP contribution in [0.5, 0.6) is 0 Å². The van der Waals surface area contributed by atoms with Gasteiger partial charge in [0.25, 0.3) is 0 Å². The second-order valence-corrected chi connectivity index (χ2v) is 6.48. The first-order valence-corrected chi connectivity index (χ1v) is 7.69. The molecule has 1 N–H and O–H groups in total. The van der Waals surface area contributed by atoms with E-state index in [1.807, 2.05) is 6.07 Å². The van der Waals surface area contributed by atoms with Crippen LogP contribution < -0.4 is 5.32 Å². The number of nitrogens with zero attached hydrogens (tertiary/aromatic N) is 2. The SMILES string of the molecule is c1csc(-c2cc(CN3CC4CNCC4C3)no2)c1. The van der Waals surface area contributed by atoms with Crippen molar-refractivity contribution < 1.29 is 4.52 Å². The summed E-state index contributed by atoms with van der Waals surface area (Å²) in [7, 11) is 0. The molecule has 2 aliphatic heterocycles. The summed E-state index contributed by atoms with van der Waals surface area (Å²) in [6.45, 7) is 5.67. The van der Waals surface area contributed by atoms with E-state index in [0.29, 0.717) is 0 Å². The minimum Gasteiger partial charge on any atom is -0.355 e. The van der Waals surface area contributed by atoms with Crippen molar-refractivity contribution in [3.05, 3.63) is 29.3 Å². The molecule has 5 heteroatoms. The zero-order valence-electron chi connectivity index (χ0n) is 10.7. The van der Waals surface area contributed by atoms with Crippen LogP contribution in [0.25, 0.3) is 10.6 Å². The fraction of sp³-hybridized carbons (Fsp3) is 0.500. The van der Waals surface area contributed by atoms with Gasteiger partial charge in [0.2, 0.25) is 0 Å². The Bertz CT molecular complexity index is 539. The summed E-state index contributed by atoms with van der Waals surface area (Å²) in [5.41, 5.74) is 1.05. The van der Waals surface area contributed by atoms with Gasteiger partial charge in [0, 0.05) is 25.7 Å². The van der Waals surface area contributed by atoms with Crippen molar-refractivity contribution in [3.63, 3.8) is 0 Å². The van der Waals surface area contributed by atoms with Crippen molar-refractivity contribution in [2.45, 2.75) is 6.54 Å². The second-order valence-electron chi connectivity index (χ2n) is 5.53. The lowest BCUT2D eigenvalue weighted by molar-refractivity contribution is 0.293. The fourth-order valence-corrected chi connectivity index (χ4v) is 3.91. The molecule has 0 spiro atoms. The van der Waals surface area contributed by atoms with E-state index >= 15 is 0 Å². The average Bonchev–Trinajstić information content (AvgIpc) is 3.12. The molecule has 2 aliphatic rings. The van der Waals surface area contributed by atoms with Crippen molar-refractivity contribution in [1.29, 1.82) is 0 Å². The monoisotopic (exact) mass is 275 g/mol. The molecule has 2 aromatic rings. The first kappa shape index (κ1) is 11.6. The first-order chi connectivity index (χ1) is 9.38. The molecule has 0 aromatic carbocycles. The van der Waals surface area contributed by atoms with Crippen LogP contribution in [0.15, 0.2) is 28.1 Å². The van der Waals surface area contributed by atoms with Gasteiger partial charge in [0.05, 0.1) is 10.6 Å². The Morgan fingerprint density at radius 1 is 1.37 bits per heavy atom. The molecule has 4 heterocycles. The average molecular weight is 275 g/mol. The molecule has 0 saturated carbocycles. The molecule has 0 amide bonds. The van der Waals surface area contributed by atoms with Crippen molar-refractivity contribution in [2.24, 2.45) is 11.8 Å². The number of likely N-dealkylation sites (tertiary alicyclic amines) is 1. The highest BCUT2D eigenvalue weighted by atomic mass is 32.1. The smallest absolute Gasteiger partial charge is 0.177 e. The molecule has 0 aliphatic carbocycles. The summed E-state index contributed by atoms with van der Waals surface area (Å²) in [6, 6.07) is 6.19. The highest BCUT2D eigenvalue weighted by Crippen LogP contribution is 2.29. The Morgan fingerprint density at radius 3 is 2.95 bits per heavy atom. The Kier molecular flexibility index (Phi) is 2.90. The molecule has 4 nitrogen and oxygen atoms in total. The summed E-state index contributed by atoms with van der Waals surface area (Å²) in [5, 5.41) is 9.74. The second kappa shape index (κ2) is 4.74. The van der Waals surface area contributed by atoms with Gasteiger partial charge >= 0.3 is 0 Å². The zero-order valence-corrected chi connectivity index (χ0v) is 11.5. The van der Waals surface area contributed by atoms with Gasteiger partial charge in [-0.05, 0) is 36.4 Å². The number of nitrogens with one attached hydrogen (secondary N) is 1. The fourth-order valence-electron chi connectivity index (χ4n) is 3.23. The van der Waals surface area contributed by atoms with Crippen molar-refractivity contribution >= 4 is 11.3 Å².